The van der Waals surface area contributed by atoms with Crippen LogP contribution in [0.5, 0.6) is 0 Å². The van der Waals surface area contributed by atoms with Crippen LogP contribution in [0.4, 0.5) is 24.8 Å². The number of nitrogens with zero attached hydrogens (tertiary/aromatic N) is 8. The highest BCUT2D eigenvalue weighted by molar-refractivity contribution is 6.31. The zero-order valence-electron chi connectivity index (χ0n) is 21.4. The topological polar surface area (TPSA) is 126 Å². The number of halogens is 4. The molecule has 1 aromatic carbocycles. The molecule has 1 saturated heterocycles. The van der Waals surface area contributed by atoms with Crippen molar-refractivity contribution in [2.24, 2.45) is 11.8 Å². The Morgan fingerprint density at radius 1 is 1.20 bits per heavy atom. The van der Waals surface area contributed by atoms with Crippen LogP contribution >= 0.6 is 11.6 Å². The molecule has 0 spiro atoms. The lowest BCUT2D eigenvalue weighted by Gasteiger charge is -2.22. The summed E-state index contributed by atoms with van der Waals surface area (Å²) in [6.07, 6.45) is 6.71. The number of nitriles is 1. The van der Waals surface area contributed by atoms with Crippen molar-refractivity contribution in [1.82, 2.24) is 29.7 Å². The predicted octanol–water partition coefficient (Wildman–Crippen LogP) is 5.07. The van der Waals surface area contributed by atoms with Crippen LogP contribution in [0, 0.1) is 29.0 Å². The van der Waals surface area contributed by atoms with Crippen molar-refractivity contribution < 1.29 is 18.0 Å². The number of carbonyl (C=O) groups excluding carboxylic acids is 1. The van der Waals surface area contributed by atoms with E-state index in [-0.39, 0.29) is 28.5 Å². The summed E-state index contributed by atoms with van der Waals surface area (Å²) in [5.41, 5.74) is -0.511. The van der Waals surface area contributed by atoms with Crippen molar-refractivity contribution >= 4 is 29.1 Å². The lowest BCUT2D eigenvalue weighted by molar-refractivity contribution is 0.102. The molecule has 0 radical (unpaired) electrons. The molecule has 1 aliphatic carbocycles. The van der Waals surface area contributed by atoms with Gasteiger partial charge in [0.15, 0.2) is 5.82 Å². The summed E-state index contributed by atoms with van der Waals surface area (Å²) in [5.74, 6) is -0.307. The van der Waals surface area contributed by atoms with Crippen LogP contribution in [0.2, 0.25) is 5.02 Å². The zero-order chi connectivity index (χ0) is 28.8. The minimum Gasteiger partial charge on any atom is -0.324 e. The molecule has 2 fully saturated rings. The van der Waals surface area contributed by atoms with E-state index in [1.165, 1.54) is 6.20 Å². The number of piperidine rings is 1. The van der Waals surface area contributed by atoms with E-state index in [0.29, 0.717) is 23.5 Å². The summed E-state index contributed by atoms with van der Waals surface area (Å²) in [5, 5.41) is 16.1. The third kappa shape index (κ3) is 4.95. The van der Waals surface area contributed by atoms with Crippen molar-refractivity contribution in [2.75, 3.05) is 16.8 Å². The highest BCUT2D eigenvalue weighted by Gasteiger charge is 2.53. The highest BCUT2D eigenvalue weighted by atomic mass is 35.5. The van der Waals surface area contributed by atoms with Gasteiger partial charge in [-0.3, -0.25) is 14.5 Å². The first-order chi connectivity index (χ1) is 19.7. The zero-order valence-corrected chi connectivity index (χ0v) is 22.2. The van der Waals surface area contributed by atoms with E-state index in [2.05, 4.69) is 36.4 Å². The number of anilines is 2. The van der Waals surface area contributed by atoms with E-state index in [1.54, 1.807) is 23.3 Å². The molecule has 2 aliphatic rings. The van der Waals surface area contributed by atoms with E-state index < -0.39 is 29.3 Å². The molecule has 1 saturated carbocycles. The summed E-state index contributed by atoms with van der Waals surface area (Å²) >= 11 is 5.80. The number of hydrogen-bond acceptors (Lipinski definition) is 8. The minimum absolute atomic E-state index is 0.193. The van der Waals surface area contributed by atoms with Crippen molar-refractivity contribution in [2.45, 2.75) is 31.9 Å². The molecule has 10 nitrogen and oxygen atoms in total. The lowest BCUT2D eigenvalue weighted by Crippen LogP contribution is -2.33. The van der Waals surface area contributed by atoms with Crippen LogP contribution in [-0.4, -0.2) is 48.2 Å². The van der Waals surface area contributed by atoms with Gasteiger partial charge >= 0.3 is 0 Å². The molecule has 0 unspecified atom stereocenters. The van der Waals surface area contributed by atoms with Crippen molar-refractivity contribution in [1.29, 1.82) is 5.26 Å². The second-order valence-electron chi connectivity index (χ2n) is 9.96. The van der Waals surface area contributed by atoms with E-state index in [1.807, 2.05) is 11.8 Å². The molecule has 1 N–H and O–H groups in total. The Morgan fingerprint density at radius 2 is 1.98 bits per heavy atom. The van der Waals surface area contributed by atoms with Crippen LogP contribution in [0.15, 0.2) is 49.3 Å². The van der Waals surface area contributed by atoms with Gasteiger partial charge in [-0.15, -0.1) is 0 Å². The van der Waals surface area contributed by atoms with Gasteiger partial charge < -0.3 is 10.2 Å². The Kier molecular flexibility index (Phi) is 6.78. The average molecular weight is 580 g/mol. The monoisotopic (exact) mass is 579 g/mol. The van der Waals surface area contributed by atoms with Crippen LogP contribution < -0.4 is 10.2 Å². The molecule has 0 bridgehead atoms. The first kappa shape index (κ1) is 26.6. The Morgan fingerprint density at radius 3 is 2.71 bits per heavy atom. The highest BCUT2D eigenvalue weighted by Crippen LogP contribution is 2.50. The van der Waals surface area contributed by atoms with Gasteiger partial charge in [0.25, 0.3) is 12.3 Å². The number of aromatic nitrogens is 6. The summed E-state index contributed by atoms with van der Waals surface area (Å²) in [6.45, 7) is 2.67. The molecule has 4 atom stereocenters. The van der Waals surface area contributed by atoms with E-state index in [4.69, 9.17) is 11.6 Å². The fourth-order valence-corrected chi connectivity index (χ4v) is 5.26. The van der Waals surface area contributed by atoms with Gasteiger partial charge in [0, 0.05) is 41.8 Å². The van der Waals surface area contributed by atoms with Gasteiger partial charge in [-0.25, -0.2) is 28.1 Å². The quantitative estimate of drug-likeness (QED) is 0.322. The minimum atomic E-state index is -2.99. The molecule has 208 valence electrons. The first-order valence-corrected chi connectivity index (χ1v) is 13.0. The Bertz CT molecular complexity index is 1670. The number of alkyl halides is 2. The van der Waals surface area contributed by atoms with Crippen LogP contribution in [0.1, 0.15) is 47.4 Å². The predicted molar refractivity (Wildman–Crippen MR) is 142 cm³/mol. The average Bonchev–Trinajstić information content (AvgIpc) is 3.41. The maximum absolute atomic E-state index is 14.7. The van der Waals surface area contributed by atoms with Crippen molar-refractivity contribution in [3.05, 3.63) is 77.0 Å². The van der Waals surface area contributed by atoms with E-state index >= 15 is 0 Å². The summed E-state index contributed by atoms with van der Waals surface area (Å²) in [6, 6.07) is 3.92. The Hall–Kier alpha value is -4.57. The number of carbonyl (C=O) groups is 1. The Balaban J connectivity index is 1.16. The van der Waals surface area contributed by atoms with Crippen LogP contribution in [-0.2, 0) is 0 Å². The maximum Gasteiger partial charge on any atom is 0.275 e. The fourth-order valence-electron chi connectivity index (χ4n) is 5.10. The normalized spacial score (nSPS) is 20.0. The van der Waals surface area contributed by atoms with Gasteiger partial charge in [0.1, 0.15) is 11.7 Å². The largest absolute Gasteiger partial charge is 0.324 e. The third-order valence-corrected chi connectivity index (χ3v) is 7.71. The van der Waals surface area contributed by atoms with Gasteiger partial charge in [0.05, 0.1) is 47.1 Å². The summed E-state index contributed by atoms with van der Waals surface area (Å²) in [4.78, 5) is 31.7. The van der Waals surface area contributed by atoms with Crippen LogP contribution in [0.25, 0.3) is 11.3 Å². The second kappa shape index (κ2) is 10.4. The number of rotatable bonds is 7. The SMILES string of the molecule is C[C@@H](c1cnc(N2C[C@H]3C[C@H]3[C@H]2C#N)nc1)n1cc(NC(=O)c2cncc(-c3c(C(F)F)ccc(Cl)c3F)n2)cn1. The molecule has 1 amide bonds. The van der Waals surface area contributed by atoms with E-state index in [0.717, 1.165) is 43.1 Å². The number of hydrogen-bond donors (Lipinski definition) is 1. The number of amides is 1. The fraction of sp³-hybridized carbons (Fsp3) is 0.296. The van der Waals surface area contributed by atoms with Crippen molar-refractivity contribution in [3.63, 3.8) is 0 Å². The molecular formula is C27H21ClF3N9O. The molecular weight excluding hydrogens is 559 g/mol. The number of fused-ring (bicyclic) bond motifs is 1. The van der Waals surface area contributed by atoms with Gasteiger partial charge in [-0.2, -0.15) is 10.4 Å². The lowest BCUT2D eigenvalue weighted by atomic mass is 10.0. The molecule has 41 heavy (non-hydrogen) atoms. The van der Waals surface area contributed by atoms with Gasteiger partial charge in [-0.1, -0.05) is 17.7 Å². The molecule has 4 aromatic rings. The smallest absolute Gasteiger partial charge is 0.275 e. The van der Waals surface area contributed by atoms with Crippen LogP contribution in [0.3, 0.4) is 0 Å². The molecule has 14 heteroatoms. The number of nitrogens with one attached hydrogen (secondary N) is 1. The molecule has 1 aliphatic heterocycles. The number of benzene rings is 1. The van der Waals surface area contributed by atoms with Gasteiger partial charge in [0.2, 0.25) is 5.95 Å². The molecule has 6 rings (SSSR count). The first-order valence-electron chi connectivity index (χ1n) is 12.7. The van der Waals surface area contributed by atoms with Gasteiger partial charge in [-0.05, 0) is 31.2 Å². The summed E-state index contributed by atoms with van der Waals surface area (Å²) < 4.78 is 43.4. The van der Waals surface area contributed by atoms with E-state index in [9.17, 15) is 23.2 Å². The standard InChI is InChI=1S/C27H21ClF3N9O/c1-13(15-6-34-27(35-7-15)39-11-14-4-18(14)22(39)5-32)40-12-16(8-36-40)37-26(41)21-10-33-9-20(38-21)23-17(25(30)31)2-3-19(28)24(23)29/h2-3,6-10,12-14,18,22,25H,4,11H2,1H3,(H,37,41)/t13-,14+,18+,22+/m0/s1. The van der Waals surface area contributed by atoms with Crippen molar-refractivity contribution in [3.8, 4) is 17.3 Å². The third-order valence-electron chi connectivity index (χ3n) is 7.42. The summed E-state index contributed by atoms with van der Waals surface area (Å²) in [7, 11) is 0. The maximum atomic E-state index is 14.7. The molecule has 4 heterocycles. The second-order valence-corrected chi connectivity index (χ2v) is 10.4. The molecule has 3 aromatic heterocycles. The Labute approximate surface area is 236 Å².